The molecule has 1 fully saturated rings. The molecule has 1 atom stereocenters. The Balaban J connectivity index is 1.47. The van der Waals surface area contributed by atoms with Crippen LogP contribution in [0.15, 0.2) is 18.2 Å². The number of fused-ring (bicyclic) bond motifs is 1. The molecule has 0 bridgehead atoms. The zero-order valence-electron chi connectivity index (χ0n) is 15.0. The Kier molecular flexibility index (Phi) is 5.90. The Morgan fingerprint density at radius 2 is 2.08 bits per heavy atom. The second-order valence-electron chi connectivity index (χ2n) is 7.37. The number of nitrogens with zero attached hydrogens (tertiary/aromatic N) is 1. The van der Waals surface area contributed by atoms with Crippen molar-refractivity contribution in [2.45, 2.75) is 64.6 Å². The first-order chi connectivity index (χ1) is 11.6. The minimum absolute atomic E-state index is 0.0182. The van der Waals surface area contributed by atoms with Crippen LogP contribution in [0.4, 0.5) is 0 Å². The summed E-state index contributed by atoms with van der Waals surface area (Å²) in [5, 5.41) is 3.06. The highest BCUT2D eigenvalue weighted by Crippen LogP contribution is 2.22. The number of carbonyl (C=O) groups excluding carboxylic acids is 1. The lowest BCUT2D eigenvalue weighted by Crippen LogP contribution is -2.47. The average molecular weight is 330 g/mol. The molecule has 1 aliphatic carbocycles. The normalized spacial score (nSPS) is 21.5. The van der Waals surface area contributed by atoms with Gasteiger partial charge in [0, 0.05) is 25.7 Å². The highest BCUT2D eigenvalue weighted by Gasteiger charge is 2.24. The van der Waals surface area contributed by atoms with Crippen LogP contribution in [0.2, 0.25) is 0 Å². The fourth-order valence-electron chi connectivity index (χ4n) is 3.71. The Morgan fingerprint density at radius 1 is 1.29 bits per heavy atom. The second-order valence-corrected chi connectivity index (χ2v) is 7.37. The van der Waals surface area contributed by atoms with E-state index >= 15 is 0 Å². The molecule has 3 rings (SSSR count). The molecule has 1 amide bonds. The minimum Gasteiger partial charge on any atom is -0.375 e. The topological polar surface area (TPSA) is 41.6 Å². The first-order valence-electron chi connectivity index (χ1n) is 9.35. The van der Waals surface area contributed by atoms with E-state index in [9.17, 15) is 4.79 Å². The minimum atomic E-state index is 0.0182. The van der Waals surface area contributed by atoms with E-state index in [-0.39, 0.29) is 12.0 Å². The molecule has 1 saturated heterocycles. The molecule has 2 aliphatic rings. The molecule has 0 aromatic heterocycles. The fraction of sp³-hybridized carbons (Fsp3) is 0.650. The van der Waals surface area contributed by atoms with Gasteiger partial charge in [0.2, 0.25) is 5.91 Å². The number of hydrogen-bond donors (Lipinski definition) is 1. The summed E-state index contributed by atoms with van der Waals surface area (Å²) in [6.07, 6.45) is 5.44. The number of ether oxygens (including phenoxy) is 1. The molecule has 0 spiro atoms. The summed E-state index contributed by atoms with van der Waals surface area (Å²) in [6, 6.07) is 7.17. The van der Waals surface area contributed by atoms with E-state index in [1.54, 1.807) is 0 Å². The van der Waals surface area contributed by atoms with Crippen LogP contribution in [0.1, 0.15) is 49.8 Å². The number of rotatable bonds is 5. The summed E-state index contributed by atoms with van der Waals surface area (Å²) in [6.45, 7) is 7.54. The summed E-state index contributed by atoms with van der Waals surface area (Å²) in [5.41, 5.74) is 4.16. The maximum Gasteiger partial charge on any atom is 0.222 e. The van der Waals surface area contributed by atoms with Gasteiger partial charge in [-0.05, 0) is 56.2 Å². The van der Waals surface area contributed by atoms with Gasteiger partial charge in [0.15, 0.2) is 0 Å². The first-order valence-corrected chi connectivity index (χ1v) is 9.35. The van der Waals surface area contributed by atoms with Crippen molar-refractivity contribution < 1.29 is 9.53 Å². The fourth-order valence-corrected chi connectivity index (χ4v) is 3.71. The number of aryl methyl sites for hydroxylation is 2. The average Bonchev–Trinajstić information content (AvgIpc) is 2.60. The van der Waals surface area contributed by atoms with E-state index in [1.807, 2.05) is 0 Å². The number of benzene rings is 1. The third kappa shape index (κ3) is 4.58. The summed E-state index contributed by atoms with van der Waals surface area (Å²) >= 11 is 0. The lowest BCUT2D eigenvalue weighted by molar-refractivity contribution is -0.126. The van der Waals surface area contributed by atoms with E-state index < -0.39 is 0 Å². The molecule has 1 aromatic rings. The zero-order chi connectivity index (χ0) is 16.9. The van der Waals surface area contributed by atoms with Gasteiger partial charge in [-0.15, -0.1) is 0 Å². The maximum absolute atomic E-state index is 12.2. The molecule has 1 N–H and O–H groups in total. The Hall–Kier alpha value is -1.39. The van der Waals surface area contributed by atoms with Crippen LogP contribution < -0.4 is 5.32 Å². The first kappa shape index (κ1) is 17.4. The molecule has 1 aliphatic heterocycles. The van der Waals surface area contributed by atoms with Crippen molar-refractivity contribution in [2.24, 2.45) is 0 Å². The summed E-state index contributed by atoms with van der Waals surface area (Å²) in [5.74, 6) is 0.0864. The second kappa shape index (κ2) is 8.13. The Bertz CT molecular complexity index is 571. The van der Waals surface area contributed by atoms with Crippen LogP contribution in [0.5, 0.6) is 0 Å². The van der Waals surface area contributed by atoms with Crippen molar-refractivity contribution in [3.63, 3.8) is 0 Å². The molecule has 4 heteroatoms. The molecule has 1 heterocycles. The van der Waals surface area contributed by atoms with Crippen molar-refractivity contribution >= 4 is 5.91 Å². The number of amides is 1. The molecular formula is C20H30N2O2. The van der Waals surface area contributed by atoms with Crippen molar-refractivity contribution in [3.05, 3.63) is 34.9 Å². The van der Waals surface area contributed by atoms with Gasteiger partial charge < -0.3 is 10.1 Å². The van der Waals surface area contributed by atoms with Crippen molar-refractivity contribution in [3.8, 4) is 0 Å². The number of nitrogens with one attached hydrogen (secondary N) is 1. The predicted molar refractivity (Wildman–Crippen MR) is 96.0 cm³/mol. The van der Waals surface area contributed by atoms with Gasteiger partial charge >= 0.3 is 0 Å². The highest BCUT2D eigenvalue weighted by atomic mass is 16.5. The molecule has 0 saturated carbocycles. The van der Waals surface area contributed by atoms with Crippen LogP contribution >= 0.6 is 0 Å². The van der Waals surface area contributed by atoms with Crippen molar-refractivity contribution in [1.82, 2.24) is 10.2 Å². The monoisotopic (exact) mass is 330 g/mol. The Labute approximate surface area is 145 Å². The van der Waals surface area contributed by atoms with Gasteiger partial charge in [-0.2, -0.15) is 0 Å². The van der Waals surface area contributed by atoms with Crippen LogP contribution in [-0.2, 0) is 28.9 Å². The zero-order valence-corrected chi connectivity index (χ0v) is 15.0. The van der Waals surface area contributed by atoms with E-state index in [1.165, 1.54) is 42.4 Å². The standard InChI is InChI=1S/C20H30N2O2/c1-15(2)22-9-10-24-19(14-22)12-20(23)21-13-16-7-8-17-5-3-4-6-18(17)11-16/h7-8,11,15,19H,3-6,9-10,12-14H2,1-2H3,(H,21,23)/t19-/m0/s1. The lowest BCUT2D eigenvalue weighted by atomic mass is 9.90. The molecular weight excluding hydrogens is 300 g/mol. The maximum atomic E-state index is 12.2. The number of morpholine rings is 1. The largest absolute Gasteiger partial charge is 0.375 e. The lowest BCUT2D eigenvalue weighted by Gasteiger charge is -2.35. The van der Waals surface area contributed by atoms with Gasteiger partial charge in [0.05, 0.1) is 19.1 Å². The van der Waals surface area contributed by atoms with Crippen LogP contribution in [-0.4, -0.2) is 42.6 Å². The van der Waals surface area contributed by atoms with Gasteiger partial charge in [0.1, 0.15) is 0 Å². The highest BCUT2D eigenvalue weighted by molar-refractivity contribution is 5.76. The van der Waals surface area contributed by atoms with E-state index in [4.69, 9.17) is 4.74 Å². The SMILES string of the molecule is CC(C)N1CCO[C@@H](CC(=O)NCc2ccc3c(c2)CCCC3)C1. The van der Waals surface area contributed by atoms with Gasteiger partial charge in [-0.1, -0.05) is 18.2 Å². The van der Waals surface area contributed by atoms with Crippen LogP contribution in [0.25, 0.3) is 0 Å². The van der Waals surface area contributed by atoms with Gasteiger partial charge in [0.25, 0.3) is 0 Å². The molecule has 0 unspecified atom stereocenters. The molecule has 4 nitrogen and oxygen atoms in total. The summed E-state index contributed by atoms with van der Waals surface area (Å²) in [4.78, 5) is 14.6. The van der Waals surface area contributed by atoms with Crippen LogP contribution in [0.3, 0.4) is 0 Å². The van der Waals surface area contributed by atoms with Gasteiger partial charge in [-0.25, -0.2) is 0 Å². The van der Waals surface area contributed by atoms with Crippen molar-refractivity contribution in [2.75, 3.05) is 19.7 Å². The third-order valence-electron chi connectivity index (χ3n) is 5.22. The Morgan fingerprint density at radius 3 is 2.88 bits per heavy atom. The number of carbonyl (C=O) groups is 1. The molecule has 0 radical (unpaired) electrons. The quantitative estimate of drug-likeness (QED) is 0.902. The smallest absolute Gasteiger partial charge is 0.222 e. The third-order valence-corrected chi connectivity index (χ3v) is 5.22. The molecule has 24 heavy (non-hydrogen) atoms. The van der Waals surface area contributed by atoms with E-state index in [2.05, 4.69) is 42.3 Å². The predicted octanol–water partition coefficient (Wildman–Crippen LogP) is 2.68. The molecule has 132 valence electrons. The molecule has 1 aromatic carbocycles. The van der Waals surface area contributed by atoms with E-state index in [0.29, 0.717) is 19.0 Å². The number of hydrogen-bond acceptors (Lipinski definition) is 3. The summed E-state index contributed by atoms with van der Waals surface area (Å²) < 4.78 is 5.75. The van der Waals surface area contributed by atoms with Gasteiger partial charge in [-0.3, -0.25) is 9.69 Å². The summed E-state index contributed by atoms with van der Waals surface area (Å²) in [7, 11) is 0. The van der Waals surface area contributed by atoms with E-state index in [0.717, 1.165) is 19.7 Å². The van der Waals surface area contributed by atoms with Crippen molar-refractivity contribution in [1.29, 1.82) is 0 Å². The van der Waals surface area contributed by atoms with Crippen LogP contribution in [0, 0.1) is 0 Å².